The van der Waals surface area contributed by atoms with E-state index in [1.54, 1.807) is 0 Å². The summed E-state index contributed by atoms with van der Waals surface area (Å²) in [5, 5.41) is 9.78. The van der Waals surface area contributed by atoms with Crippen LogP contribution in [0.5, 0.6) is 0 Å². The van der Waals surface area contributed by atoms with Gasteiger partial charge in [0, 0.05) is 6.54 Å². The smallest absolute Gasteiger partial charge is 0.292 e. The van der Waals surface area contributed by atoms with Crippen LogP contribution in [0.1, 0.15) is 49.6 Å². The summed E-state index contributed by atoms with van der Waals surface area (Å²) in [5.74, 6) is 0.471. The third-order valence-corrected chi connectivity index (χ3v) is 3.66. The first-order valence-electron chi connectivity index (χ1n) is 6.55. The summed E-state index contributed by atoms with van der Waals surface area (Å²) in [4.78, 5) is 15.9. The molecule has 0 bridgehead atoms. The number of piperidine rings is 1. The molecule has 2 rings (SSSR count). The highest BCUT2D eigenvalue weighted by molar-refractivity contribution is 5.90. The van der Waals surface area contributed by atoms with Gasteiger partial charge in [0.25, 0.3) is 11.7 Å². The van der Waals surface area contributed by atoms with Crippen molar-refractivity contribution in [2.75, 3.05) is 19.6 Å². The zero-order valence-electron chi connectivity index (χ0n) is 11.0. The number of carbonyl (C=O) groups is 1. The number of nitrogens with one attached hydrogen (secondary N) is 2. The van der Waals surface area contributed by atoms with E-state index in [9.17, 15) is 4.79 Å². The lowest BCUT2D eigenvalue weighted by molar-refractivity contribution is 0.0942. The van der Waals surface area contributed by atoms with Crippen LogP contribution in [0.4, 0.5) is 0 Å². The third-order valence-electron chi connectivity index (χ3n) is 3.66. The SMILES string of the molecule is CCNC(=O)c1noc(C2(CC)CCNCC2)n1. The lowest BCUT2D eigenvalue weighted by atomic mass is 9.76. The molecule has 1 aliphatic rings. The second-order valence-electron chi connectivity index (χ2n) is 4.67. The summed E-state index contributed by atoms with van der Waals surface area (Å²) < 4.78 is 5.32. The Balaban J connectivity index is 2.19. The van der Waals surface area contributed by atoms with E-state index in [0.29, 0.717) is 12.4 Å². The molecule has 6 heteroatoms. The summed E-state index contributed by atoms with van der Waals surface area (Å²) in [7, 11) is 0. The Morgan fingerprint density at radius 2 is 2.17 bits per heavy atom. The van der Waals surface area contributed by atoms with E-state index in [2.05, 4.69) is 27.7 Å². The molecule has 0 aliphatic carbocycles. The Kier molecular flexibility index (Phi) is 3.96. The first kappa shape index (κ1) is 13.0. The van der Waals surface area contributed by atoms with Crippen molar-refractivity contribution < 1.29 is 9.32 Å². The van der Waals surface area contributed by atoms with E-state index < -0.39 is 0 Å². The molecule has 1 saturated heterocycles. The molecular formula is C12H20N4O2. The molecule has 18 heavy (non-hydrogen) atoms. The average Bonchev–Trinajstić information content (AvgIpc) is 2.90. The maximum absolute atomic E-state index is 11.6. The molecule has 100 valence electrons. The van der Waals surface area contributed by atoms with Gasteiger partial charge in [-0.05, 0) is 39.3 Å². The highest BCUT2D eigenvalue weighted by Crippen LogP contribution is 2.35. The number of carbonyl (C=O) groups excluding carboxylic acids is 1. The topological polar surface area (TPSA) is 80.0 Å². The first-order chi connectivity index (χ1) is 8.72. The van der Waals surface area contributed by atoms with Crippen molar-refractivity contribution in [2.45, 2.75) is 38.5 Å². The predicted octanol–water partition coefficient (Wildman–Crippen LogP) is 0.850. The standard InChI is InChI=1S/C12H20N4O2/c1-3-12(5-7-13-8-6-12)11-15-9(16-18-11)10(17)14-4-2/h13H,3-8H2,1-2H3,(H,14,17). The Bertz CT molecular complexity index is 410. The molecule has 2 N–H and O–H groups in total. The van der Waals surface area contributed by atoms with Crippen molar-refractivity contribution in [3.63, 3.8) is 0 Å². The molecule has 2 heterocycles. The second kappa shape index (κ2) is 5.48. The molecular weight excluding hydrogens is 232 g/mol. The second-order valence-corrected chi connectivity index (χ2v) is 4.67. The normalized spacial score (nSPS) is 18.6. The molecule has 0 atom stereocenters. The third kappa shape index (κ3) is 2.38. The van der Waals surface area contributed by atoms with Crippen molar-refractivity contribution in [2.24, 2.45) is 0 Å². The van der Waals surface area contributed by atoms with Crippen LogP contribution in [0, 0.1) is 0 Å². The molecule has 1 aromatic heterocycles. The number of hydrogen-bond donors (Lipinski definition) is 2. The lowest BCUT2D eigenvalue weighted by Crippen LogP contribution is -2.39. The molecule has 6 nitrogen and oxygen atoms in total. The van der Waals surface area contributed by atoms with Crippen molar-refractivity contribution in [3.8, 4) is 0 Å². The zero-order valence-corrected chi connectivity index (χ0v) is 11.0. The van der Waals surface area contributed by atoms with Crippen LogP contribution in [-0.4, -0.2) is 35.7 Å². The first-order valence-corrected chi connectivity index (χ1v) is 6.55. The summed E-state index contributed by atoms with van der Waals surface area (Å²) in [6.07, 6.45) is 2.90. The Hall–Kier alpha value is -1.43. The Morgan fingerprint density at radius 1 is 1.44 bits per heavy atom. The van der Waals surface area contributed by atoms with E-state index in [-0.39, 0.29) is 17.1 Å². The van der Waals surface area contributed by atoms with Crippen LogP contribution < -0.4 is 10.6 Å². The molecule has 1 amide bonds. The van der Waals surface area contributed by atoms with Gasteiger partial charge in [-0.25, -0.2) is 0 Å². The molecule has 1 aromatic rings. The van der Waals surface area contributed by atoms with Gasteiger partial charge in [-0.15, -0.1) is 0 Å². The molecule has 1 aliphatic heterocycles. The number of rotatable bonds is 4. The number of amides is 1. The Morgan fingerprint density at radius 3 is 2.78 bits per heavy atom. The van der Waals surface area contributed by atoms with Gasteiger partial charge < -0.3 is 15.2 Å². The van der Waals surface area contributed by atoms with Crippen molar-refractivity contribution in [1.29, 1.82) is 0 Å². The number of nitrogens with zero attached hydrogens (tertiary/aromatic N) is 2. The van der Waals surface area contributed by atoms with Crippen LogP contribution in [0.15, 0.2) is 4.52 Å². The fourth-order valence-corrected chi connectivity index (χ4v) is 2.39. The van der Waals surface area contributed by atoms with Gasteiger partial charge in [-0.3, -0.25) is 4.79 Å². The van der Waals surface area contributed by atoms with Crippen LogP contribution >= 0.6 is 0 Å². The van der Waals surface area contributed by atoms with Crippen molar-refractivity contribution in [1.82, 2.24) is 20.8 Å². The fraction of sp³-hybridized carbons (Fsp3) is 0.750. The van der Waals surface area contributed by atoms with E-state index in [1.165, 1.54) is 0 Å². The van der Waals surface area contributed by atoms with Crippen molar-refractivity contribution >= 4 is 5.91 Å². The van der Waals surface area contributed by atoms with Gasteiger partial charge in [0.1, 0.15) is 0 Å². The van der Waals surface area contributed by atoms with Crippen LogP contribution in [0.3, 0.4) is 0 Å². The maximum Gasteiger partial charge on any atom is 0.292 e. The van der Waals surface area contributed by atoms with Gasteiger partial charge >= 0.3 is 0 Å². The van der Waals surface area contributed by atoms with E-state index in [0.717, 1.165) is 32.4 Å². The minimum absolute atomic E-state index is 0.0665. The molecule has 0 unspecified atom stereocenters. The van der Waals surface area contributed by atoms with Crippen LogP contribution in [-0.2, 0) is 5.41 Å². The number of hydrogen-bond acceptors (Lipinski definition) is 5. The quantitative estimate of drug-likeness (QED) is 0.830. The summed E-state index contributed by atoms with van der Waals surface area (Å²) in [5.41, 5.74) is -0.0665. The van der Waals surface area contributed by atoms with Gasteiger partial charge in [0.05, 0.1) is 5.41 Å². The van der Waals surface area contributed by atoms with Crippen molar-refractivity contribution in [3.05, 3.63) is 11.7 Å². The summed E-state index contributed by atoms with van der Waals surface area (Å²) >= 11 is 0. The summed E-state index contributed by atoms with van der Waals surface area (Å²) in [6, 6.07) is 0. The molecule has 0 spiro atoms. The fourth-order valence-electron chi connectivity index (χ4n) is 2.39. The average molecular weight is 252 g/mol. The minimum Gasteiger partial charge on any atom is -0.349 e. The highest BCUT2D eigenvalue weighted by atomic mass is 16.5. The minimum atomic E-state index is -0.271. The van der Waals surface area contributed by atoms with Crippen LogP contribution in [0.2, 0.25) is 0 Å². The largest absolute Gasteiger partial charge is 0.349 e. The van der Waals surface area contributed by atoms with E-state index in [1.807, 2.05) is 6.92 Å². The van der Waals surface area contributed by atoms with E-state index >= 15 is 0 Å². The van der Waals surface area contributed by atoms with Crippen LogP contribution in [0.25, 0.3) is 0 Å². The Labute approximate surface area is 107 Å². The monoisotopic (exact) mass is 252 g/mol. The van der Waals surface area contributed by atoms with Gasteiger partial charge in [0.15, 0.2) is 0 Å². The van der Waals surface area contributed by atoms with Gasteiger partial charge in [-0.2, -0.15) is 4.98 Å². The molecule has 0 saturated carbocycles. The van der Waals surface area contributed by atoms with Gasteiger partial charge in [0.2, 0.25) is 5.89 Å². The van der Waals surface area contributed by atoms with Gasteiger partial charge in [-0.1, -0.05) is 12.1 Å². The number of aromatic nitrogens is 2. The molecule has 1 fully saturated rings. The molecule has 0 radical (unpaired) electrons. The maximum atomic E-state index is 11.6. The highest BCUT2D eigenvalue weighted by Gasteiger charge is 2.38. The predicted molar refractivity (Wildman–Crippen MR) is 66.4 cm³/mol. The molecule has 0 aromatic carbocycles. The lowest BCUT2D eigenvalue weighted by Gasteiger charge is -2.33. The zero-order chi connectivity index (χ0) is 13.0. The summed E-state index contributed by atoms with van der Waals surface area (Å²) in [6.45, 7) is 6.45. The van der Waals surface area contributed by atoms with E-state index in [4.69, 9.17) is 4.52 Å².